The van der Waals surface area contributed by atoms with E-state index in [1.54, 1.807) is 0 Å². The second-order valence-corrected chi connectivity index (χ2v) is 17.6. The standard InChI is InChI=1S/C42H84O6P2/c1-2-8-14-20-26-32-38-44-50-47-41-35-29-23-17-11-5-3-9-15-21-27-33-39-45-49(43-37-31-25-19-13-7-1)46-40-34-28-22-16-10-4-6-12-18-24-30-36-42-48-50/h1-42H2. The van der Waals surface area contributed by atoms with Gasteiger partial charge in [0, 0.05) is 0 Å². The molecule has 0 radical (unpaired) electrons. The Morgan fingerprint density at radius 2 is 0.240 bits per heavy atom. The highest BCUT2D eigenvalue weighted by atomic mass is 31.2. The van der Waals surface area contributed by atoms with Gasteiger partial charge in [0.2, 0.25) is 0 Å². The molecule has 0 aromatic heterocycles. The van der Waals surface area contributed by atoms with E-state index in [-0.39, 0.29) is 0 Å². The molecule has 0 saturated carbocycles. The Morgan fingerprint density at radius 1 is 0.140 bits per heavy atom. The van der Waals surface area contributed by atoms with Crippen molar-refractivity contribution in [3.8, 4) is 0 Å². The zero-order valence-corrected chi connectivity index (χ0v) is 34.8. The molecule has 0 atom stereocenters. The summed E-state index contributed by atoms with van der Waals surface area (Å²) < 4.78 is 37.1. The molecule has 3 rings (SSSR count). The molecule has 0 aromatic rings. The zero-order chi connectivity index (χ0) is 35.1. The largest absolute Gasteiger partial charge is 0.332 e. The van der Waals surface area contributed by atoms with Crippen LogP contribution in [0.3, 0.4) is 0 Å². The van der Waals surface area contributed by atoms with E-state index in [0.717, 1.165) is 78.2 Å². The van der Waals surface area contributed by atoms with Crippen LogP contribution in [0.25, 0.3) is 0 Å². The lowest BCUT2D eigenvalue weighted by Crippen LogP contribution is -2.01. The summed E-state index contributed by atoms with van der Waals surface area (Å²) in [5.74, 6) is 0. The van der Waals surface area contributed by atoms with Crippen LogP contribution in [0.5, 0.6) is 0 Å². The molecular formula is C42H84O6P2. The maximum atomic E-state index is 6.18. The van der Waals surface area contributed by atoms with Crippen LogP contribution in [-0.4, -0.2) is 39.6 Å². The first kappa shape index (κ1) is 46.8. The monoisotopic (exact) mass is 747 g/mol. The summed E-state index contributed by atoms with van der Waals surface area (Å²) in [6.07, 6.45) is 46.8. The van der Waals surface area contributed by atoms with E-state index in [1.807, 2.05) is 0 Å². The van der Waals surface area contributed by atoms with Crippen LogP contribution in [0.2, 0.25) is 0 Å². The number of fused-ring (bicyclic) bond motifs is 45. The zero-order valence-electron chi connectivity index (χ0n) is 33.0. The van der Waals surface area contributed by atoms with Crippen molar-refractivity contribution in [2.24, 2.45) is 0 Å². The smallest absolute Gasteiger partial charge is 0.312 e. The summed E-state index contributed by atoms with van der Waals surface area (Å²) in [6, 6.07) is 0. The van der Waals surface area contributed by atoms with Gasteiger partial charge in [-0.1, -0.05) is 193 Å². The highest BCUT2D eigenvalue weighted by Gasteiger charge is 2.14. The van der Waals surface area contributed by atoms with Crippen molar-refractivity contribution < 1.29 is 27.1 Å². The summed E-state index contributed by atoms with van der Waals surface area (Å²) in [5, 5.41) is 0. The predicted octanol–water partition coefficient (Wildman–Crippen LogP) is 15.6. The highest BCUT2D eigenvalue weighted by Crippen LogP contribution is 2.41. The first-order valence-corrected chi connectivity index (χ1v) is 24.5. The average Bonchev–Trinajstić information content (AvgIpc) is 3.12. The van der Waals surface area contributed by atoms with Gasteiger partial charge in [-0.05, 0) is 38.5 Å². The topological polar surface area (TPSA) is 55.4 Å². The van der Waals surface area contributed by atoms with Gasteiger partial charge < -0.3 is 27.1 Å². The van der Waals surface area contributed by atoms with Crippen LogP contribution >= 0.6 is 17.2 Å². The lowest BCUT2D eigenvalue weighted by molar-refractivity contribution is 0.153. The van der Waals surface area contributed by atoms with Crippen LogP contribution in [-0.2, 0) is 27.1 Å². The number of hydrogen-bond acceptors (Lipinski definition) is 6. The Hall–Kier alpha value is 0.620. The quantitative estimate of drug-likeness (QED) is 0.230. The summed E-state index contributed by atoms with van der Waals surface area (Å²) >= 11 is 0. The number of hydrogen-bond donors (Lipinski definition) is 0. The normalized spacial score (nSPS) is 27.4. The molecule has 0 spiro atoms. The van der Waals surface area contributed by atoms with Crippen LogP contribution in [0.15, 0.2) is 0 Å². The minimum atomic E-state index is -1.20. The second-order valence-electron chi connectivity index (χ2n) is 15.2. The van der Waals surface area contributed by atoms with Gasteiger partial charge >= 0.3 is 17.2 Å². The van der Waals surface area contributed by atoms with E-state index in [9.17, 15) is 0 Å². The van der Waals surface area contributed by atoms with Crippen LogP contribution in [0, 0.1) is 0 Å². The number of rotatable bonds is 0. The van der Waals surface area contributed by atoms with Crippen molar-refractivity contribution in [1.29, 1.82) is 0 Å². The molecule has 3 aliphatic rings. The third-order valence-corrected chi connectivity index (χ3v) is 12.7. The molecule has 2 bridgehead atoms. The van der Waals surface area contributed by atoms with E-state index in [2.05, 4.69) is 0 Å². The van der Waals surface area contributed by atoms with Crippen molar-refractivity contribution in [1.82, 2.24) is 0 Å². The summed E-state index contributed by atoms with van der Waals surface area (Å²) in [5.41, 5.74) is 0. The molecule has 50 heavy (non-hydrogen) atoms. The minimum absolute atomic E-state index is 0.776. The van der Waals surface area contributed by atoms with Gasteiger partial charge in [-0.15, -0.1) is 0 Å². The second kappa shape index (κ2) is 39.3. The van der Waals surface area contributed by atoms with Crippen molar-refractivity contribution in [2.45, 2.75) is 231 Å². The first-order valence-electron chi connectivity index (χ1n) is 22.3. The lowest BCUT2D eigenvalue weighted by Gasteiger charge is -2.17. The molecule has 3 heterocycles. The molecular weight excluding hydrogens is 662 g/mol. The van der Waals surface area contributed by atoms with Gasteiger partial charge in [0.25, 0.3) is 0 Å². The molecule has 0 unspecified atom stereocenters. The van der Waals surface area contributed by atoms with Gasteiger partial charge in [0.15, 0.2) is 0 Å². The third-order valence-electron chi connectivity index (χ3n) is 10.3. The maximum absolute atomic E-state index is 6.18. The lowest BCUT2D eigenvalue weighted by atomic mass is 10.1. The predicted molar refractivity (Wildman–Crippen MR) is 216 cm³/mol. The van der Waals surface area contributed by atoms with E-state index < -0.39 is 17.2 Å². The van der Waals surface area contributed by atoms with E-state index in [0.29, 0.717) is 0 Å². The van der Waals surface area contributed by atoms with Crippen LogP contribution in [0.1, 0.15) is 231 Å². The van der Waals surface area contributed by atoms with Crippen molar-refractivity contribution in [3.63, 3.8) is 0 Å². The average molecular weight is 747 g/mol. The SMILES string of the molecule is C1CCCCCCCOP2OCCCCCCCCCCCCCCOP(OCCCCCC1)OCCCCCCCCCCCCCCO2. The molecule has 0 aromatic carbocycles. The third kappa shape index (κ3) is 33.2. The van der Waals surface area contributed by atoms with Crippen LogP contribution in [0.4, 0.5) is 0 Å². The Morgan fingerprint density at radius 3 is 0.360 bits per heavy atom. The van der Waals surface area contributed by atoms with Crippen molar-refractivity contribution >= 4 is 17.2 Å². The van der Waals surface area contributed by atoms with Gasteiger partial charge in [-0.2, -0.15) is 0 Å². The van der Waals surface area contributed by atoms with Crippen molar-refractivity contribution in [2.75, 3.05) is 39.6 Å². The highest BCUT2D eigenvalue weighted by molar-refractivity contribution is 7.41. The summed E-state index contributed by atoms with van der Waals surface area (Å²) in [6.45, 7) is 4.66. The molecule has 6 nitrogen and oxygen atoms in total. The fourth-order valence-electron chi connectivity index (χ4n) is 6.97. The van der Waals surface area contributed by atoms with Gasteiger partial charge in [0.1, 0.15) is 0 Å². The Bertz CT molecular complexity index is 520. The van der Waals surface area contributed by atoms with E-state index in [1.165, 1.54) is 193 Å². The fourth-order valence-corrected chi connectivity index (χ4v) is 9.09. The van der Waals surface area contributed by atoms with E-state index >= 15 is 0 Å². The fraction of sp³-hybridized carbons (Fsp3) is 1.00. The van der Waals surface area contributed by atoms with E-state index in [4.69, 9.17) is 27.1 Å². The summed E-state index contributed by atoms with van der Waals surface area (Å²) in [4.78, 5) is 0. The van der Waals surface area contributed by atoms with Crippen LogP contribution < -0.4 is 0 Å². The molecule has 3 aliphatic heterocycles. The molecule has 298 valence electrons. The molecule has 3 fully saturated rings. The first-order chi connectivity index (χ1) is 24.9. The molecule has 0 amide bonds. The van der Waals surface area contributed by atoms with Gasteiger partial charge in [-0.25, -0.2) is 0 Å². The van der Waals surface area contributed by atoms with Crippen molar-refractivity contribution in [3.05, 3.63) is 0 Å². The van der Waals surface area contributed by atoms with Gasteiger partial charge in [-0.3, -0.25) is 0 Å². The minimum Gasteiger partial charge on any atom is -0.312 e. The molecule has 3 saturated heterocycles. The van der Waals surface area contributed by atoms with Gasteiger partial charge in [0.05, 0.1) is 39.6 Å². The molecule has 0 aliphatic carbocycles. The summed E-state index contributed by atoms with van der Waals surface area (Å²) in [7, 11) is -2.40. The maximum Gasteiger partial charge on any atom is 0.332 e. The Labute approximate surface area is 314 Å². The molecule has 8 heteroatoms. The molecule has 0 N–H and O–H groups in total. The Kier molecular flexibility index (Phi) is 36.8. The Balaban J connectivity index is 1.84.